The van der Waals surface area contributed by atoms with Crippen molar-refractivity contribution in [1.29, 1.82) is 0 Å². The molecule has 0 saturated carbocycles. The van der Waals surface area contributed by atoms with E-state index in [0.29, 0.717) is 24.5 Å². The molecule has 3 amide bonds. The van der Waals surface area contributed by atoms with Crippen molar-refractivity contribution in [1.82, 2.24) is 20.1 Å². The van der Waals surface area contributed by atoms with Gasteiger partial charge in [0.1, 0.15) is 11.6 Å². The molecule has 2 heterocycles. The Kier molecular flexibility index (Phi) is 8.23. The van der Waals surface area contributed by atoms with E-state index in [-0.39, 0.29) is 18.8 Å². The lowest BCUT2D eigenvalue weighted by Crippen LogP contribution is -2.56. The van der Waals surface area contributed by atoms with Gasteiger partial charge in [0.05, 0.1) is 17.4 Å². The summed E-state index contributed by atoms with van der Waals surface area (Å²) >= 11 is 1.41. The van der Waals surface area contributed by atoms with E-state index in [0.717, 1.165) is 17.7 Å². The highest BCUT2D eigenvalue weighted by Crippen LogP contribution is 2.24. The number of likely N-dealkylation sites (N-methyl/N-ethyl adjacent to an activating group) is 1. The first-order valence-corrected chi connectivity index (χ1v) is 13.1. The number of anilines is 1. The summed E-state index contributed by atoms with van der Waals surface area (Å²) in [5.74, 6) is -1.71. The molecule has 13 heteroatoms. The highest BCUT2D eigenvalue weighted by molar-refractivity contribution is 7.87. The number of rotatable bonds is 10. The number of benzene rings is 1. The van der Waals surface area contributed by atoms with E-state index in [2.05, 4.69) is 10.3 Å². The van der Waals surface area contributed by atoms with Gasteiger partial charge in [-0.3, -0.25) is 23.7 Å². The number of thiazole rings is 1. The number of carbonyl (C=O) groups excluding carboxylic acids is 3. The lowest BCUT2D eigenvalue weighted by molar-refractivity contribution is -0.156. The van der Waals surface area contributed by atoms with Gasteiger partial charge < -0.3 is 15.1 Å². The molecule has 0 radical (unpaired) electrons. The number of nitrogens with zero attached hydrogens (tertiary/aromatic N) is 3. The molecule has 1 saturated heterocycles. The zero-order chi connectivity index (χ0) is 24.9. The second kappa shape index (κ2) is 10.9. The zero-order valence-electron chi connectivity index (χ0n) is 18.9. The second-order valence-electron chi connectivity index (χ2n) is 7.74. The summed E-state index contributed by atoms with van der Waals surface area (Å²) in [4.78, 5) is 44.5. The largest absolute Gasteiger partial charge is 0.357 e. The first-order valence-electron chi connectivity index (χ1n) is 10.8. The summed E-state index contributed by atoms with van der Waals surface area (Å²) in [6.45, 7) is 4.65. The minimum Gasteiger partial charge on any atom is -0.345 e. The molecule has 184 valence electrons. The fourth-order valence-electron chi connectivity index (χ4n) is 3.52. The van der Waals surface area contributed by atoms with Crippen molar-refractivity contribution < 1.29 is 27.4 Å². The van der Waals surface area contributed by atoms with Gasteiger partial charge in [-0.25, -0.2) is 4.98 Å². The summed E-state index contributed by atoms with van der Waals surface area (Å²) < 4.78 is 32.9. The number of hydrogen-bond acceptors (Lipinski definition) is 7. The summed E-state index contributed by atoms with van der Waals surface area (Å²) in [5.41, 5.74) is 1.88. The van der Waals surface area contributed by atoms with E-state index in [1.54, 1.807) is 19.1 Å². The molecule has 2 aromatic rings. The third-order valence-electron chi connectivity index (χ3n) is 5.32. The SMILES string of the molecule is CCc1csc(C(Cc2ccc(NS(=O)(=O)O)cc2)NC(=O)CN2CCN(CC)C(=O)C2=O)n1. The average Bonchev–Trinajstić information content (AvgIpc) is 3.26. The van der Waals surface area contributed by atoms with Gasteiger partial charge in [-0.2, -0.15) is 8.42 Å². The Hall–Kier alpha value is -3.03. The Morgan fingerprint density at radius 3 is 2.38 bits per heavy atom. The van der Waals surface area contributed by atoms with Crippen LogP contribution in [0.3, 0.4) is 0 Å². The van der Waals surface area contributed by atoms with Crippen molar-refractivity contribution in [2.45, 2.75) is 32.7 Å². The zero-order valence-corrected chi connectivity index (χ0v) is 20.5. The molecule has 1 unspecified atom stereocenters. The highest BCUT2D eigenvalue weighted by Gasteiger charge is 2.33. The quantitative estimate of drug-likeness (QED) is 0.320. The highest BCUT2D eigenvalue weighted by atomic mass is 32.2. The maximum atomic E-state index is 12.8. The molecule has 11 nitrogen and oxygen atoms in total. The predicted molar refractivity (Wildman–Crippen MR) is 127 cm³/mol. The molecule has 0 bridgehead atoms. The van der Waals surface area contributed by atoms with Gasteiger partial charge in [0.15, 0.2) is 0 Å². The van der Waals surface area contributed by atoms with Crippen LogP contribution in [0.15, 0.2) is 29.6 Å². The van der Waals surface area contributed by atoms with Gasteiger partial charge in [-0.05, 0) is 37.5 Å². The molecule has 1 aromatic carbocycles. The van der Waals surface area contributed by atoms with Crippen molar-refractivity contribution in [3.8, 4) is 0 Å². The van der Waals surface area contributed by atoms with E-state index in [1.165, 1.54) is 33.3 Å². The van der Waals surface area contributed by atoms with Crippen molar-refractivity contribution in [3.63, 3.8) is 0 Å². The monoisotopic (exact) mass is 509 g/mol. The van der Waals surface area contributed by atoms with Gasteiger partial charge in [0, 0.05) is 25.0 Å². The maximum absolute atomic E-state index is 12.8. The third kappa shape index (κ3) is 6.74. The van der Waals surface area contributed by atoms with Crippen LogP contribution in [0.4, 0.5) is 5.69 Å². The van der Waals surface area contributed by atoms with Gasteiger partial charge in [0.25, 0.3) is 0 Å². The lowest BCUT2D eigenvalue weighted by Gasteiger charge is -2.32. The predicted octanol–water partition coefficient (Wildman–Crippen LogP) is 1.01. The lowest BCUT2D eigenvalue weighted by atomic mass is 10.1. The van der Waals surface area contributed by atoms with E-state index in [9.17, 15) is 22.8 Å². The van der Waals surface area contributed by atoms with Gasteiger partial charge in [-0.15, -0.1) is 11.3 Å². The molecule has 1 fully saturated rings. The molecule has 34 heavy (non-hydrogen) atoms. The fraction of sp³-hybridized carbons (Fsp3) is 0.429. The number of aromatic nitrogens is 1. The number of piperazine rings is 1. The Morgan fingerprint density at radius 2 is 1.79 bits per heavy atom. The Balaban J connectivity index is 1.71. The number of carbonyl (C=O) groups is 3. The average molecular weight is 510 g/mol. The fourth-order valence-corrected chi connectivity index (χ4v) is 4.91. The van der Waals surface area contributed by atoms with Crippen LogP contribution in [0.1, 0.15) is 36.2 Å². The van der Waals surface area contributed by atoms with E-state index in [4.69, 9.17) is 4.55 Å². The Bertz CT molecular complexity index is 1150. The number of hydrogen-bond donors (Lipinski definition) is 3. The van der Waals surface area contributed by atoms with Crippen LogP contribution < -0.4 is 10.0 Å². The molecule has 0 spiro atoms. The Labute approximate surface area is 202 Å². The van der Waals surface area contributed by atoms with Crippen LogP contribution in [0.25, 0.3) is 0 Å². The molecule has 1 aliphatic heterocycles. The van der Waals surface area contributed by atoms with Crippen LogP contribution in [0.5, 0.6) is 0 Å². The van der Waals surface area contributed by atoms with Crippen LogP contribution >= 0.6 is 11.3 Å². The number of amides is 3. The van der Waals surface area contributed by atoms with Crippen molar-refractivity contribution in [3.05, 3.63) is 45.9 Å². The normalized spacial score (nSPS) is 15.4. The van der Waals surface area contributed by atoms with Crippen molar-refractivity contribution in [2.24, 2.45) is 0 Å². The van der Waals surface area contributed by atoms with Gasteiger partial charge in [-0.1, -0.05) is 19.1 Å². The summed E-state index contributed by atoms with van der Waals surface area (Å²) in [6.07, 6.45) is 1.11. The molecular formula is C21H27N5O6S2. The van der Waals surface area contributed by atoms with Crippen LogP contribution in [-0.2, 0) is 37.5 Å². The molecule has 1 aliphatic rings. The van der Waals surface area contributed by atoms with Crippen LogP contribution in [0, 0.1) is 0 Å². The molecular weight excluding hydrogens is 482 g/mol. The van der Waals surface area contributed by atoms with E-state index < -0.39 is 34.1 Å². The van der Waals surface area contributed by atoms with Gasteiger partial charge in [0.2, 0.25) is 5.91 Å². The van der Waals surface area contributed by atoms with Crippen LogP contribution in [-0.4, -0.2) is 71.7 Å². The minimum atomic E-state index is -4.37. The molecule has 1 aromatic heterocycles. The molecule has 1 atom stereocenters. The molecule has 3 N–H and O–H groups in total. The maximum Gasteiger partial charge on any atom is 0.357 e. The minimum absolute atomic E-state index is 0.198. The summed E-state index contributed by atoms with van der Waals surface area (Å²) in [7, 11) is -4.37. The first-order chi connectivity index (χ1) is 16.1. The smallest absolute Gasteiger partial charge is 0.345 e. The first kappa shape index (κ1) is 25.6. The van der Waals surface area contributed by atoms with Gasteiger partial charge >= 0.3 is 22.1 Å². The van der Waals surface area contributed by atoms with Crippen molar-refractivity contribution in [2.75, 3.05) is 30.9 Å². The number of nitrogens with one attached hydrogen (secondary N) is 2. The van der Waals surface area contributed by atoms with Crippen molar-refractivity contribution >= 4 is 45.0 Å². The summed E-state index contributed by atoms with van der Waals surface area (Å²) in [6, 6.07) is 5.86. The number of aryl methyl sites for hydroxylation is 1. The summed E-state index contributed by atoms with van der Waals surface area (Å²) in [5, 5.41) is 5.53. The third-order valence-corrected chi connectivity index (χ3v) is 6.82. The molecule has 3 rings (SSSR count). The van der Waals surface area contributed by atoms with E-state index >= 15 is 0 Å². The standard InChI is InChI=1S/C21H27N5O6S2/c1-3-15-13-33-19(22-15)17(11-14-5-7-16(8-6-14)24-34(30,31)32)23-18(27)12-26-10-9-25(4-2)20(28)21(26)29/h5-8,13,17,24H,3-4,9-12H2,1-2H3,(H,23,27)(H,30,31,32). The Morgan fingerprint density at radius 1 is 1.15 bits per heavy atom. The van der Waals surface area contributed by atoms with E-state index in [1.807, 2.05) is 17.0 Å². The molecule has 0 aliphatic carbocycles. The van der Waals surface area contributed by atoms with Crippen LogP contribution in [0.2, 0.25) is 0 Å². The second-order valence-corrected chi connectivity index (χ2v) is 9.78. The topological polar surface area (TPSA) is 149 Å².